The van der Waals surface area contributed by atoms with Gasteiger partial charge in [0.2, 0.25) is 5.91 Å². The Morgan fingerprint density at radius 2 is 1.32 bits per heavy atom. The van der Waals surface area contributed by atoms with Gasteiger partial charge in [-0.1, -0.05) is 41.5 Å². The number of phosphoric acid groups is 1. The fourth-order valence-corrected chi connectivity index (χ4v) is 10.5. The van der Waals surface area contributed by atoms with E-state index in [1.165, 1.54) is 39.3 Å². The number of hydrogen-bond acceptors (Lipinski definition) is 20. The lowest BCUT2D eigenvalue weighted by atomic mass is 9.97. The molecule has 364 valence electrons. The van der Waals surface area contributed by atoms with Crippen LogP contribution in [0.4, 0.5) is 0 Å². The van der Waals surface area contributed by atoms with Gasteiger partial charge in [0.25, 0.3) is 5.56 Å². The Kier molecular flexibility index (Phi) is 25.9. The summed E-state index contributed by atoms with van der Waals surface area (Å²) in [5, 5.41) is 23.1. The molecule has 1 aromatic rings. The van der Waals surface area contributed by atoms with Crippen LogP contribution in [0.25, 0.3) is 0 Å². The quantitative estimate of drug-likeness (QED) is 0.0589. The van der Waals surface area contributed by atoms with Gasteiger partial charge in [-0.2, -0.15) is 0 Å². The first kappa shape index (κ1) is 58.0. The predicted octanol–water partition coefficient (Wildman–Crippen LogP) is 0.518. The molecule has 11 atom stereocenters. The Morgan fingerprint density at radius 3 is 1.76 bits per heavy atom. The summed E-state index contributed by atoms with van der Waals surface area (Å²) in [4.78, 5) is 98.1. The normalized spacial score (nSPS) is 26.2. The molecule has 2 aliphatic rings. The summed E-state index contributed by atoms with van der Waals surface area (Å²) in [6.45, 7) is 22.9. The fourth-order valence-electron chi connectivity index (χ4n) is 6.04. The minimum Gasteiger partial charge on any atom is -0.463 e. The van der Waals surface area contributed by atoms with Gasteiger partial charge in [0.05, 0.1) is 12.1 Å². The summed E-state index contributed by atoms with van der Waals surface area (Å²) in [5.41, 5.74) is -4.19. The first-order valence-electron chi connectivity index (χ1n) is 20.2. The summed E-state index contributed by atoms with van der Waals surface area (Å²) in [6.07, 6.45) is -9.97. The molecular formula is C36H65N5O19P2S. The Morgan fingerprint density at radius 1 is 0.794 bits per heavy atom. The lowest BCUT2D eigenvalue weighted by Crippen LogP contribution is -2.65. The first-order chi connectivity index (χ1) is 29.4. The van der Waals surface area contributed by atoms with Crippen LogP contribution in [0.15, 0.2) is 21.9 Å². The molecule has 1 aromatic heterocycles. The maximum absolute atomic E-state index is 12.9. The number of carbonyl (C=O) groups excluding carboxylic acids is 4. The summed E-state index contributed by atoms with van der Waals surface area (Å²) in [7, 11) is -10.5. The molecule has 0 bridgehead atoms. The molecule has 1 amide bonds. The van der Waals surface area contributed by atoms with Gasteiger partial charge < -0.3 is 58.8 Å². The Hall–Kier alpha value is -3.03. The zero-order valence-electron chi connectivity index (χ0n) is 37.3. The number of H-pyrrole nitrogens is 1. The molecule has 6 N–H and O–H groups in total. The van der Waals surface area contributed by atoms with Crippen molar-refractivity contribution < 1.29 is 80.8 Å². The van der Waals surface area contributed by atoms with Crippen molar-refractivity contribution in [3.05, 3.63) is 33.1 Å². The second-order valence-corrected chi connectivity index (χ2v) is 18.8. The number of amides is 1. The molecular weight excluding hydrogens is 900 g/mol. The van der Waals surface area contributed by atoms with Crippen molar-refractivity contribution in [3.63, 3.8) is 0 Å². The van der Waals surface area contributed by atoms with Crippen LogP contribution in [0.3, 0.4) is 0 Å². The number of phosphoric ester groups is 1. The molecule has 63 heavy (non-hydrogen) atoms. The predicted molar refractivity (Wildman–Crippen MR) is 227 cm³/mol. The number of aliphatic hydroxyl groups is 2. The van der Waals surface area contributed by atoms with Crippen LogP contribution in [0.2, 0.25) is 0 Å². The van der Waals surface area contributed by atoms with E-state index in [1.54, 1.807) is 0 Å². The highest BCUT2D eigenvalue weighted by Crippen LogP contribution is 2.61. The number of aliphatic hydroxyl groups excluding tert-OH is 2. The molecule has 0 saturated carbocycles. The molecule has 3 rings (SSSR count). The van der Waals surface area contributed by atoms with Crippen LogP contribution in [-0.4, -0.2) is 169 Å². The Labute approximate surface area is 370 Å². The molecule has 0 aromatic carbocycles. The van der Waals surface area contributed by atoms with Crippen LogP contribution in [0.1, 0.15) is 75.5 Å². The number of thioether (sulfide) groups is 1. The highest BCUT2D eigenvalue weighted by Gasteiger charge is 2.52. The van der Waals surface area contributed by atoms with Crippen molar-refractivity contribution in [2.75, 3.05) is 58.0 Å². The van der Waals surface area contributed by atoms with Gasteiger partial charge in [-0.3, -0.25) is 42.6 Å². The van der Waals surface area contributed by atoms with E-state index in [2.05, 4.69) is 61.0 Å². The number of aromatic nitrogens is 2. The van der Waals surface area contributed by atoms with Crippen molar-refractivity contribution in [1.29, 1.82) is 0 Å². The molecule has 3 heterocycles. The fraction of sp³-hybridized carbons (Fsp3) is 0.778. The zero-order chi connectivity index (χ0) is 48.2. The lowest BCUT2D eigenvalue weighted by molar-refractivity contribution is -0.211. The van der Waals surface area contributed by atoms with Gasteiger partial charge >= 0.3 is 39.0 Å². The highest BCUT2D eigenvalue weighted by atomic mass is 32.2. The van der Waals surface area contributed by atoms with Crippen LogP contribution in [0, 0.1) is 0 Å². The SMILES string of the molecule is CC(=O)N[C@@H]1[C@@H](OC(C)=O)[C@H](OC(C)=O)[C@@H](COC(C)=O)O[C@H]1SCP(=O)(O)OP(=O)(O)OC[C@H]1O[C@@H](n2ccc(=O)[nH]c2=O)[C@H](O)[C@@H]1O.CCN(CC)CC.CCN(CC)CC. The number of nitrogens with zero attached hydrogens (tertiary/aromatic N) is 3. The molecule has 24 nitrogen and oxygen atoms in total. The molecule has 0 radical (unpaired) electrons. The standard InChI is InChI=1S/C24H35N3O19P2S.2C6H15N/c1-10(28)25-17-21(43-13(4)31)20(42-12(3)30)15(7-40-11(2)29)45-23(17)49-9-47(36,37)46-48(38,39)41-8-14-18(33)19(34)22(44-14)27-6-5-16(32)26-24(27)35;2*1-4-7(5-2)6-3/h5-6,14-15,17-23,33-34H,7-9H2,1-4H3,(H,25,28)(H,36,37)(H,38,39)(H,26,32,35);2*4-6H2,1-3H3/t14-,15-,17-,18-,19-,20-,21-,22-,23+;;/m1../s1. The van der Waals surface area contributed by atoms with Gasteiger partial charge in [0.15, 0.2) is 18.4 Å². The van der Waals surface area contributed by atoms with E-state index < -0.39 is 124 Å². The van der Waals surface area contributed by atoms with E-state index >= 15 is 0 Å². The van der Waals surface area contributed by atoms with Crippen molar-refractivity contribution in [2.45, 2.75) is 124 Å². The average Bonchev–Trinajstić information content (AvgIpc) is 3.47. The minimum absolute atomic E-state index is 0.439. The second-order valence-electron chi connectivity index (χ2n) is 13.8. The van der Waals surface area contributed by atoms with Crippen LogP contribution in [-0.2, 0) is 60.8 Å². The van der Waals surface area contributed by atoms with E-state index in [0.717, 1.165) is 44.5 Å². The molecule has 2 fully saturated rings. The molecule has 2 saturated heterocycles. The number of ether oxygens (including phenoxy) is 5. The van der Waals surface area contributed by atoms with Gasteiger partial charge in [-0.05, 0) is 39.3 Å². The largest absolute Gasteiger partial charge is 0.479 e. The Bertz CT molecular complexity index is 1790. The van der Waals surface area contributed by atoms with Crippen molar-refractivity contribution in [2.24, 2.45) is 0 Å². The summed E-state index contributed by atoms with van der Waals surface area (Å²) in [5.74, 6) is -3.20. The molecule has 2 unspecified atom stereocenters. The topological polar surface area (TPSA) is 321 Å². The second kappa shape index (κ2) is 28.1. The number of carbonyl (C=O) groups is 4. The smallest absolute Gasteiger partial charge is 0.463 e. The average molecular weight is 966 g/mol. The number of esters is 3. The van der Waals surface area contributed by atoms with Gasteiger partial charge in [0.1, 0.15) is 42.5 Å². The monoisotopic (exact) mass is 965 g/mol. The van der Waals surface area contributed by atoms with E-state index in [4.69, 9.17) is 28.2 Å². The van der Waals surface area contributed by atoms with E-state index in [0.29, 0.717) is 11.8 Å². The van der Waals surface area contributed by atoms with E-state index in [9.17, 15) is 57.9 Å². The van der Waals surface area contributed by atoms with Gasteiger partial charge in [-0.25, -0.2) is 13.7 Å². The highest BCUT2D eigenvalue weighted by molar-refractivity contribution is 8.05. The number of hydrogen-bond donors (Lipinski definition) is 6. The third kappa shape index (κ3) is 20.4. The molecule has 0 spiro atoms. The van der Waals surface area contributed by atoms with Gasteiger partial charge in [0, 0.05) is 40.0 Å². The van der Waals surface area contributed by atoms with E-state index in [-0.39, 0.29) is 0 Å². The third-order valence-corrected chi connectivity index (χ3v) is 14.2. The maximum Gasteiger partial charge on any atom is 0.479 e. The number of rotatable bonds is 20. The third-order valence-electron chi connectivity index (χ3n) is 9.25. The number of nitrogens with one attached hydrogen (secondary N) is 2. The zero-order valence-corrected chi connectivity index (χ0v) is 39.9. The number of aromatic amines is 1. The van der Waals surface area contributed by atoms with E-state index in [1.807, 2.05) is 4.98 Å². The maximum atomic E-state index is 12.9. The Balaban J connectivity index is 0.00000121. The van der Waals surface area contributed by atoms with Crippen LogP contribution < -0.4 is 16.6 Å². The van der Waals surface area contributed by atoms with Crippen molar-refractivity contribution in [1.82, 2.24) is 24.7 Å². The summed E-state index contributed by atoms with van der Waals surface area (Å²) in [6, 6.07) is -0.428. The van der Waals surface area contributed by atoms with Crippen molar-refractivity contribution in [3.8, 4) is 0 Å². The van der Waals surface area contributed by atoms with Crippen LogP contribution >= 0.6 is 27.2 Å². The molecule has 0 aliphatic carbocycles. The summed E-state index contributed by atoms with van der Waals surface area (Å²) >= 11 is 0.439. The lowest BCUT2D eigenvalue weighted by Gasteiger charge is -2.45. The minimum atomic E-state index is -5.43. The van der Waals surface area contributed by atoms with Crippen molar-refractivity contribution >= 4 is 51.0 Å². The molecule has 27 heteroatoms. The first-order valence-corrected chi connectivity index (χ1v) is 24.5. The molecule has 2 aliphatic heterocycles. The van der Waals surface area contributed by atoms with Crippen LogP contribution in [0.5, 0.6) is 0 Å². The summed E-state index contributed by atoms with van der Waals surface area (Å²) < 4.78 is 62.2. The van der Waals surface area contributed by atoms with Gasteiger partial charge in [-0.15, -0.1) is 11.8 Å².